The molecule has 0 N–H and O–H groups in total. The molecule has 0 aromatic heterocycles. The van der Waals surface area contributed by atoms with Crippen LogP contribution in [0.2, 0.25) is 5.02 Å². The van der Waals surface area contributed by atoms with E-state index in [1.54, 1.807) is 0 Å². The molecular formula is C12H12ClFO3S. The number of Topliss-reactive ketones (excluding diaryl/α,β-unsaturated/α-hetero) is 1. The van der Waals surface area contributed by atoms with Gasteiger partial charge in [0.1, 0.15) is 5.82 Å². The summed E-state index contributed by atoms with van der Waals surface area (Å²) in [6.07, 6.45) is 0.587. The maximum atomic E-state index is 13.0. The van der Waals surface area contributed by atoms with E-state index in [2.05, 4.69) is 0 Å². The van der Waals surface area contributed by atoms with Gasteiger partial charge in [-0.2, -0.15) is 0 Å². The van der Waals surface area contributed by atoms with Gasteiger partial charge in [-0.25, -0.2) is 12.8 Å². The van der Waals surface area contributed by atoms with Crippen molar-refractivity contribution in [3.8, 4) is 0 Å². The third-order valence-electron chi connectivity index (χ3n) is 3.03. The molecule has 1 aliphatic heterocycles. The first-order valence-electron chi connectivity index (χ1n) is 5.56. The minimum absolute atomic E-state index is 0.0334. The number of carbonyl (C=O) groups excluding carboxylic acids is 1. The first-order valence-corrected chi connectivity index (χ1v) is 7.76. The summed E-state index contributed by atoms with van der Waals surface area (Å²) in [5, 5.41) is 0.197. The number of hydrogen-bond donors (Lipinski definition) is 0. The molecule has 1 heterocycles. The van der Waals surface area contributed by atoms with Crippen molar-refractivity contribution in [2.24, 2.45) is 5.92 Å². The van der Waals surface area contributed by atoms with Gasteiger partial charge >= 0.3 is 0 Å². The largest absolute Gasteiger partial charge is 0.294 e. The van der Waals surface area contributed by atoms with Crippen molar-refractivity contribution in [2.45, 2.75) is 12.8 Å². The molecule has 0 bridgehead atoms. The Kier molecular flexibility index (Phi) is 3.73. The van der Waals surface area contributed by atoms with Crippen LogP contribution in [-0.4, -0.2) is 25.7 Å². The lowest BCUT2D eigenvalue weighted by Crippen LogP contribution is -2.11. The van der Waals surface area contributed by atoms with Crippen molar-refractivity contribution >= 4 is 27.2 Å². The number of sulfone groups is 1. The highest BCUT2D eigenvalue weighted by Gasteiger charge is 2.30. The fourth-order valence-corrected chi connectivity index (χ4v) is 4.20. The number of halogens is 2. The van der Waals surface area contributed by atoms with Crippen molar-refractivity contribution < 1.29 is 17.6 Å². The Labute approximate surface area is 110 Å². The van der Waals surface area contributed by atoms with Gasteiger partial charge in [0.25, 0.3) is 0 Å². The average molecular weight is 291 g/mol. The Bertz CT molecular complexity index is 583. The van der Waals surface area contributed by atoms with Gasteiger partial charge in [-0.05, 0) is 30.5 Å². The third-order valence-corrected chi connectivity index (χ3v) is 5.20. The number of rotatable bonds is 3. The summed E-state index contributed by atoms with van der Waals surface area (Å²) in [5.74, 6) is -0.849. The van der Waals surface area contributed by atoms with Crippen LogP contribution in [0.25, 0.3) is 0 Å². The van der Waals surface area contributed by atoms with Crippen molar-refractivity contribution in [3.05, 3.63) is 34.6 Å². The number of benzene rings is 1. The summed E-state index contributed by atoms with van der Waals surface area (Å²) in [6.45, 7) is 0. The van der Waals surface area contributed by atoms with Gasteiger partial charge in [0.05, 0.1) is 16.5 Å². The molecule has 1 fully saturated rings. The van der Waals surface area contributed by atoms with E-state index in [1.807, 2.05) is 0 Å². The van der Waals surface area contributed by atoms with E-state index in [4.69, 9.17) is 11.6 Å². The first kappa shape index (κ1) is 13.5. The number of carbonyl (C=O) groups is 1. The van der Waals surface area contributed by atoms with Crippen LogP contribution >= 0.6 is 11.6 Å². The van der Waals surface area contributed by atoms with Crippen LogP contribution in [0.3, 0.4) is 0 Å². The third kappa shape index (κ3) is 3.09. The molecule has 0 radical (unpaired) electrons. The Morgan fingerprint density at radius 1 is 1.44 bits per heavy atom. The minimum Gasteiger partial charge on any atom is -0.294 e. The van der Waals surface area contributed by atoms with Gasteiger partial charge < -0.3 is 0 Å². The zero-order valence-corrected chi connectivity index (χ0v) is 11.1. The Morgan fingerprint density at radius 3 is 2.78 bits per heavy atom. The normalized spacial score (nSPS) is 22.0. The molecule has 2 rings (SSSR count). The van der Waals surface area contributed by atoms with E-state index < -0.39 is 15.7 Å². The topological polar surface area (TPSA) is 51.2 Å². The second-order valence-corrected chi connectivity index (χ2v) is 7.16. The fourth-order valence-electron chi connectivity index (χ4n) is 2.12. The summed E-state index contributed by atoms with van der Waals surface area (Å²) in [7, 11) is -3.00. The van der Waals surface area contributed by atoms with Crippen LogP contribution in [0.5, 0.6) is 0 Å². The molecule has 1 aromatic carbocycles. The molecule has 98 valence electrons. The second-order valence-electron chi connectivity index (χ2n) is 4.52. The van der Waals surface area contributed by atoms with Crippen LogP contribution in [0.1, 0.15) is 23.2 Å². The molecule has 1 aromatic rings. The molecule has 0 amide bonds. The van der Waals surface area contributed by atoms with E-state index in [0.717, 1.165) is 6.07 Å². The molecule has 1 atom stereocenters. The maximum absolute atomic E-state index is 13.0. The molecule has 18 heavy (non-hydrogen) atoms. The van der Waals surface area contributed by atoms with Crippen LogP contribution < -0.4 is 0 Å². The van der Waals surface area contributed by atoms with Crippen LogP contribution in [-0.2, 0) is 9.84 Å². The second kappa shape index (κ2) is 4.97. The highest BCUT2D eigenvalue weighted by molar-refractivity contribution is 7.91. The van der Waals surface area contributed by atoms with Crippen molar-refractivity contribution in [1.82, 2.24) is 0 Å². The lowest BCUT2D eigenvalue weighted by atomic mass is 9.98. The van der Waals surface area contributed by atoms with Crippen molar-refractivity contribution in [2.75, 3.05) is 11.5 Å². The molecule has 0 saturated carbocycles. The molecule has 0 spiro atoms. The molecular weight excluding hydrogens is 279 g/mol. The van der Waals surface area contributed by atoms with Gasteiger partial charge in [-0.1, -0.05) is 11.6 Å². The highest BCUT2D eigenvalue weighted by Crippen LogP contribution is 2.26. The Morgan fingerprint density at radius 2 is 2.17 bits per heavy atom. The standard InChI is InChI=1S/C12H12ClFO3S/c13-11-2-1-9(14)6-10(11)12(15)5-8-3-4-18(16,17)7-8/h1-2,6,8H,3-5,7H2. The van der Waals surface area contributed by atoms with Gasteiger partial charge in [0.2, 0.25) is 0 Å². The highest BCUT2D eigenvalue weighted by atomic mass is 35.5. The van der Waals surface area contributed by atoms with Crippen molar-refractivity contribution in [1.29, 1.82) is 0 Å². The summed E-state index contributed by atoms with van der Waals surface area (Å²) < 4.78 is 35.6. The molecule has 1 saturated heterocycles. The average Bonchev–Trinajstić information content (AvgIpc) is 2.61. The number of hydrogen-bond acceptors (Lipinski definition) is 3. The minimum atomic E-state index is -3.00. The summed E-state index contributed by atoms with van der Waals surface area (Å²) in [5.41, 5.74) is 0.126. The fraction of sp³-hybridized carbons (Fsp3) is 0.417. The van der Waals surface area contributed by atoms with E-state index in [-0.39, 0.29) is 40.2 Å². The van der Waals surface area contributed by atoms with Gasteiger partial charge in [0, 0.05) is 12.0 Å². The quantitative estimate of drug-likeness (QED) is 0.804. The SMILES string of the molecule is O=C(CC1CCS(=O)(=O)C1)c1cc(F)ccc1Cl. The van der Waals surface area contributed by atoms with Crippen molar-refractivity contribution in [3.63, 3.8) is 0 Å². The first-order chi connectivity index (χ1) is 8.37. The summed E-state index contributed by atoms with van der Waals surface area (Å²) in [4.78, 5) is 11.9. The van der Waals surface area contributed by atoms with Gasteiger partial charge in [0.15, 0.2) is 15.6 Å². The molecule has 1 aliphatic rings. The summed E-state index contributed by atoms with van der Waals surface area (Å²) >= 11 is 5.83. The number of ketones is 1. The predicted octanol–water partition coefficient (Wildman–Crippen LogP) is 2.49. The zero-order chi connectivity index (χ0) is 13.3. The smallest absolute Gasteiger partial charge is 0.164 e. The van der Waals surface area contributed by atoms with Crippen LogP contribution in [0.15, 0.2) is 18.2 Å². The molecule has 0 aliphatic carbocycles. The van der Waals surface area contributed by atoms with E-state index in [9.17, 15) is 17.6 Å². The summed E-state index contributed by atoms with van der Waals surface area (Å²) in [6, 6.07) is 3.60. The molecule has 1 unspecified atom stereocenters. The van der Waals surface area contributed by atoms with E-state index in [0.29, 0.717) is 6.42 Å². The maximum Gasteiger partial charge on any atom is 0.164 e. The van der Waals surface area contributed by atoms with Gasteiger partial charge in [-0.15, -0.1) is 0 Å². The van der Waals surface area contributed by atoms with Crippen LogP contribution in [0, 0.1) is 11.7 Å². The molecule has 3 nitrogen and oxygen atoms in total. The lowest BCUT2D eigenvalue weighted by molar-refractivity contribution is 0.0965. The zero-order valence-electron chi connectivity index (χ0n) is 9.53. The van der Waals surface area contributed by atoms with Gasteiger partial charge in [-0.3, -0.25) is 4.79 Å². The lowest BCUT2D eigenvalue weighted by Gasteiger charge is -2.08. The molecule has 6 heteroatoms. The monoisotopic (exact) mass is 290 g/mol. The van der Waals surface area contributed by atoms with E-state index in [1.165, 1.54) is 12.1 Å². The Hall–Kier alpha value is -0.940. The predicted molar refractivity (Wildman–Crippen MR) is 67.1 cm³/mol. The van der Waals surface area contributed by atoms with E-state index >= 15 is 0 Å². The Balaban J connectivity index is 2.11. The van der Waals surface area contributed by atoms with Crippen LogP contribution in [0.4, 0.5) is 4.39 Å².